The van der Waals surface area contributed by atoms with E-state index in [4.69, 9.17) is 11.6 Å². The predicted octanol–water partition coefficient (Wildman–Crippen LogP) is 4.04. The van der Waals surface area contributed by atoms with Crippen molar-refractivity contribution in [2.75, 3.05) is 0 Å². The summed E-state index contributed by atoms with van der Waals surface area (Å²) in [6.45, 7) is 8.02. The van der Waals surface area contributed by atoms with Crippen LogP contribution in [0, 0.1) is 0 Å². The van der Waals surface area contributed by atoms with Crippen molar-refractivity contribution in [3.05, 3.63) is 34.4 Å². The Kier molecular flexibility index (Phi) is 4.97. The van der Waals surface area contributed by atoms with Crippen molar-refractivity contribution >= 4 is 11.6 Å². The number of hydrogen-bond acceptors (Lipinski definition) is 0. The van der Waals surface area contributed by atoms with Gasteiger partial charge in [-0.05, 0) is 33.3 Å². The van der Waals surface area contributed by atoms with E-state index in [0.29, 0.717) is 0 Å². The number of halogens is 1. The van der Waals surface area contributed by atoms with Crippen LogP contribution < -0.4 is 0 Å². The van der Waals surface area contributed by atoms with Gasteiger partial charge in [-0.2, -0.15) is 0 Å². The zero-order chi connectivity index (χ0) is 8.85. The lowest BCUT2D eigenvalue weighted by atomic mass is 10.2. The average molecular weight is 171 g/mol. The predicted molar refractivity (Wildman–Crippen MR) is 52.8 cm³/mol. The number of allylic oxidation sites excluding steroid dienone is 6. The first-order chi connectivity index (χ1) is 5.11. The molecule has 62 valence electrons. The van der Waals surface area contributed by atoms with Crippen LogP contribution >= 0.6 is 11.6 Å². The van der Waals surface area contributed by atoms with Crippen LogP contribution in [-0.2, 0) is 0 Å². The van der Waals surface area contributed by atoms with Gasteiger partial charge in [0, 0.05) is 5.03 Å². The summed E-state index contributed by atoms with van der Waals surface area (Å²) in [6.07, 6.45) is 6.03. The summed E-state index contributed by atoms with van der Waals surface area (Å²) < 4.78 is 0. The zero-order valence-electron chi connectivity index (χ0n) is 7.61. The average Bonchev–Trinajstić information content (AvgIpc) is 2.02. The van der Waals surface area contributed by atoms with Gasteiger partial charge in [0.05, 0.1) is 0 Å². The van der Waals surface area contributed by atoms with Gasteiger partial charge in [-0.25, -0.2) is 0 Å². The molecule has 0 heterocycles. The monoisotopic (exact) mass is 170 g/mol. The molecule has 0 aromatic carbocycles. The second kappa shape index (κ2) is 5.20. The van der Waals surface area contributed by atoms with Crippen molar-refractivity contribution in [2.45, 2.75) is 27.7 Å². The molecule has 0 aliphatic carbocycles. The van der Waals surface area contributed by atoms with Gasteiger partial charge >= 0.3 is 0 Å². The van der Waals surface area contributed by atoms with Gasteiger partial charge in [-0.15, -0.1) is 0 Å². The van der Waals surface area contributed by atoms with Gasteiger partial charge in [0.1, 0.15) is 0 Å². The fraction of sp³-hybridized carbons (Fsp3) is 0.400. The van der Waals surface area contributed by atoms with Crippen LogP contribution in [0.3, 0.4) is 0 Å². The molecule has 1 heteroatoms. The fourth-order valence-electron chi connectivity index (χ4n) is 0.721. The van der Waals surface area contributed by atoms with Crippen molar-refractivity contribution in [1.29, 1.82) is 0 Å². The van der Waals surface area contributed by atoms with Crippen LogP contribution in [0.1, 0.15) is 27.7 Å². The molecule has 0 rings (SSSR count). The molecule has 0 radical (unpaired) electrons. The molecule has 0 nitrogen and oxygen atoms in total. The molecule has 0 bridgehead atoms. The normalized spacial score (nSPS) is 15.5. The van der Waals surface area contributed by atoms with E-state index >= 15 is 0 Å². The highest BCUT2D eigenvalue weighted by Gasteiger charge is 1.92. The summed E-state index contributed by atoms with van der Waals surface area (Å²) in [5, 5.41) is 0.825. The lowest BCUT2D eigenvalue weighted by molar-refractivity contribution is 1.39. The molecular weight excluding hydrogens is 156 g/mol. The Hall–Kier alpha value is -0.490. The third-order valence-electron chi connectivity index (χ3n) is 1.53. The van der Waals surface area contributed by atoms with Crippen molar-refractivity contribution in [1.82, 2.24) is 0 Å². The van der Waals surface area contributed by atoms with Crippen molar-refractivity contribution in [3.63, 3.8) is 0 Å². The lowest BCUT2D eigenvalue weighted by Gasteiger charge is -1.97. The molecule has 0 fully saturated rings. The van der Waals surface area contributed by atoms with Crippen LogP contribution in [-0.4, -0.2) is 0 Å². The first kappa shape index (κ1) is 10.5. The Bertz CT molecular complexity index is 207. The Morgan fingerprint density at radius 2 is 1.64 bits per heavy atom. The molecule has 0 saturated heterocycles. The molecular formula is C10H15Cl. The highest BCUT2D eigenvalue weighted by atomic mass is 35.5. The SMILES string of the molecule is C/C=C(C)/C=C(C)\C(Cl)=C/C. The Morgan fingerprint density at radius 1 is 1.09 bits per heavy atom. The van der Waals surface area contributed by atoms with E-state index in [9.17, 15) is 0 Å². The van der Waals surface area contributed by atoms with Gasteiger partial charge in [0.25, 0.3) is 0 Å². The minimum Gasteiger partial charge on any atom is -0.0847 e. The lowest BCUT2D eigenvalue weighted by Crippen LogP contribution is -1.76. The van der Waals surface area contributed by atoms with Gasteiger partial charge in [-0.1, -0.05) is 35.4 Å². The topological polar surface area (TPSA) is 0 Å². The summed E-state index contributed by atoms with van der Waals surface area (Å²) in [4.78, 5) is 0. The van der Waals surface area contributed by atoms with Crippen LogP contribution in [0.5, 0.6) is 0 Å². The molecule has 0 saturated carbocycles. The second-order valence-electron chi connectivity index (χ2n) is 2.50. The first-order valence-corrected chi connectivity index (χ1v) is 4.13. The minimum atomic E-state index is 0.825. The molecule has 0 unspecified atom stereocenters. The Balaban J connectivity index is 4.47. The maximum Gasteiger partial charge on any atom is 0.0392 e. The quantitative estimate of drug-likeness (QED) is 0.549. The van der Waals surface area contributed by atoms with E-state index in [1.807, 2.05) is 26.8 Å². The smallest absolute Gasteiger partial charge is 0.0392 e. The van der Waals surface area contributed by atoms with Gasteiger partial charge < -0.3 is 0 Å². The van der Waals surface area contributed by atoms with Gasteiger partial charge in [0.2, 0.25) is 0 Å². The summed E-state index contributed by atoms with van der Waals surface area (Å²) in [6, 6.07) is 0. The molecule has 0 atom stereocenters. The van der Waals surface area contributed by atoms with E-state index in [1.165, 1.54) is 5.57 Å². The van der Waals surface area contributed by atoms with Crippen molar-refractivity contribution < 1.29 is 0 Å². The molecule has 11 heavy (non-hydrogen) atoms. The molecule has 0 aromatic heterocycles. The van der Waals surface area contributed by atoms with E-state index in [-0.39, 0.29) is 0 Å². The van der Waals surface area contributed by atoms with Gasteiger partial charge in [-0.3, -0.25) is 0 Å². The molecule has 0 N–H and O–H groups in total. The first-order valence-electron chi connectivity index (χ1n) is 3.75. The number of rotatable bonds is 2. The highest BCUT2D eigenvalue weighted by molar-refractivity contribution is 6.31. The molecule has 0 aliphatic heterocycles. The summed E-state index contributed by atoms with van der Waals surface area (Å²) >= 11 is 5.88. The maximum absolute atomic E-state index is 5.88. The summed E-state index contributed by atoms with van der Waals surface area (Å²) in [5.41, 5.74) is 2.35. The van der Waals surface area contributed by atoms with Crippen LogP contribution in [0.25, 0.3) is 0 Å². The number of hydrogen-bond donors (Lipinski definition) is 0. The molecule has 0 aromatic rings. The maximum atomic E-state index is 5.88. The van der Waals surface area contributed by atoms with E-state index in [2.05, 4.69) is 19.1 Å². The molecule has 0 aliphatic rings. The zero-order valence-corrected chi connectivity index (χ0v) is 8.37. The third-order valence-corrected chi connectivity index (χ3v) is 2.05. The Labute approximate surface area is 74.3 Å². The largest absolute Gasteiger partial charge is 0.0847 e. The molecule has 0 amide bonds. The van der Waals surface area contributed by atoms with Crippen LogP contribution in [0.4, 0.5) is 0 Å². The van der Waals surface area contributed by atoms with E-state index in [0.717, 1.165) is 10.6 Å². The van der Waals surface area contributed by atoms with Crippen LogP contribution in [0.2, 0.25) is 0 Å². The second-order valence-corrected chi connectivity index (χ2v) is 2.90. The van der Waals surface area contributed by atoms with E-state index in [1.54, 1.807) is 0 Å². The van der Waals surface area contributed by atoms with Crippen molar-refractivity contribution in [3.8, 4) is 0 Å². The fourth-order valence-corrected chi connectivity index (χ4v) is 0.776. The standard InChI is InChI=1S/C10H15Cl/c1-5-8(3)7-9(4)10(11)6-2/h5-7H,1-4H3/b8-5+,9-7-,10-6+. The van der Waals surface area contributed by atoms with Crippen molar-refractivity contribution in [2.24, 2.45) is 0 Å². The third kappa shape index (κ3) is 4.05. The van der Waals surface area contributed by atoms with Crippen LogP contribution in [0.15, 0.2) is 34.4 Å². The summed E-state index contributed by atoms with van der Waals surface area (Å²) in [5.74, 6) is 0. The molecule has 0 spiro atoms. The Morgan fingerprint density at radius 3 is 2.00 bits per heavy atom. The van der Waals surface area contributed by atoms with E-state index < -0.39 is 0 Å². The summed E-state index contributed by atoms with van der Waals surface area (Å²) in [7, 11) is 0. The highest BCUT2D eigenvalue weighted by Crippen LogP contribution is 2.15. The minimum absolute atomic E-state index is 0.825. The van der Waals surface area contributed by atoms with Gasteiger partial charge in [0.15, 0.2) is 0 Å².